The molecule has 1 amide bonds. The van der Waals surface area contributed by atoms with E-state index in [0.717, 1.165) is 10.9 Å². The minimum absolute atomic E-state index is 0.277. The third-order valence-electron chi connectivity index (χ3n) is 2.42. The summed E-state index contributed by atoms with van der Waals surface area (Å²) in [6.45, 7) is 5.76. The number of alkyl carbamates (subject to hydrolysis) is 1. The maximum atomic E-state index is 11.4. The highest BCUT2D eigenvalue weighted by Crippen LogP contribution is 2.24. The number of hydrogen-bond acceptors (Lipinski definition) is 3. The molecule has 2 rings (SSSR count). The highest BCUT2D eigenvalue weighted by molar-refractivity contribution is 7.17. The summed E-state index contributed by atoms with van der Waals surface area (Å²) >= 11 is 1.67. The monoisotopic (exact) mass is 287 g/mol. The van der Waals surface area contributed by atoms with Gasteiger partial charge < -0.3 is 10.1 Å². The fraction of sp³-hybridized carbons (Fsp3) is 0.312. The molecule has 3 nitrogen and oxygen atoms in total. The van der Waals surface area contributed by atoms with Crippen molar-refractivity contribution in [3.63, 3.8) is 0 Å². The van der Waals surface area contributed by atoms with Gasteiger partial charge in [-0.05, 0) is 26.8 Å². The topological polar surface area (TPSA) is 38.3 Å². The lowest BCUT2D eigenvalue weighted by molar-refractivity contribution is 0.0535. The molecule has 1 heterocycles. The number of rotatable bonds is 1. The van der Waals surface area contributed by atoms with E-state index in [-0.39, 0.29) is 6.54 Å². The van der Waals surface area contributed by atoms with Crippen molar-refractivity contribution < 1.29 is 9.53 Å². The molecule has 0 saturated heterocycles. The van der Waals surface area contributed by atoms with Crippen LogP contribution < -0.4 is 5.32 Å². The molecule has 4 heteroatoms. The second kappa shape index (κ2) is 5.98. The van der Waals surface area contributed by atoms with Gasteiger partial charge in [0.25, 0.3) is 0 Å². The predicted molar refractivity (Wildman–Crippen MR) is 82.9 cm³/mol. The van der Waals surface area contributed by atoms with Crippen LogP contribution in [0.5, 0.6) is 0 Å². The lowest BCUT2D eigenvalue weighted by Gasteiger charge is -2.18. The summed E-state index contributed by atoms with van der Waals surface area (Å²) < 4.78 is 6.35. The first-order chi connectivity index (χ1) is 9.46. The van der Waals surface area contributed by atoms with E-state index in [1.165, 1.54) is 4.70 Å². The van der Waals surface area contributed by atoms with Crippen molar-refractivity contribution in [3.8, 4) is 11.8 Å². The molecule has 0 atom stereocenters. The van der Waals surface area contributed by atoms with Gasteiger partial charge in [-0.3, -0.25) is 0 Å². The van der Waals surface area contributed by atoms with Crippen LogP contribution in [0.25, 0.3) is 10.1 Å². The molecule has 1 aromatic heterocycles. The summed E-state index contributed by atoms with van der Waals surface area (Å²) in [4.78, 5) is 11.4. The molecular formula is C16H17NO2S. The van der Waals surface area contributed by atoms with Gasteiger partial charge in [0.05, 0.1) is 6.54 Å². The van der Waals surface area contributed by atoms with Crippen molar-refractivity contribution in [2.45, 2.75) is 26.4 Å². The van der Waals surface area contributed by atoms with Crippen LogP contribution in [-0.4, -0.2) is 18.2 Å². The van der Waals surface area contributed by atoms with Crippen LogP contribution in [0.2, 0.25) is 0 Å². The number of hydrogen-bond donors (Lipinski definition) is 1. The molecule has 20 heavy (non-hydrogen) atoms. The minimum Gasteiger partial charge on any atom is -0.444 e. The van der Waals surface area contributed by atoms with Gasteiger partial charge in [-0.15, -0.1) is 11.3 Å². The van der Waals surface area contributed by atoms with Crippen molar-refractivity contribution in [1.82, 2.24) is 5.32 Å². The van der Waals surface area contributed by atoms with Crippen LogP contribution in [0.3, 0.4) is 0 Å². The van der Waals surface area contributed by atoms with Gasteiger partial charge in [0.1, 0.15) is 5.60 Å². The Bertz CT molecular complexity index is 671. The van der Waals surface area contributed by atoms with Gasteiger partial charge in [0, 0.05) is 21.0 Å². The van der Waals surface area contributed by atoms with Gasteiger partial charge >= 0.3 is 6.09 Å². The smallest absolute Gasteiger partial charge is 0.408 e. The third-order valence-corrected chi connectivity index (χ3v) is 3.39. The van der Waals surface area contributed by atoms with Crippen molar-refractivity contribution in [3.05, 3.63) is 35.2 Å². The van der Waals surface area contributed by atoms with E-state index in [4.69, 9.17) is 4.74 Å². The molecule has 0 unspecified atom stereocenters. The molecule has 1 N–H and O–H groups in total. The fourth-order valence-electron chi connectivity index (χ4n) is 1.64. The largest absolute Gasteiger partial charge is 0.444 e. The number of fused-ring (bicyclic) bond motifs is 1. The van der Waals surface area contributed by atoms with E-state index in [2.05, 4.69) is 29.3 Å². The molecule has 0 radical (unpaired) electrons. The molecule has 0 bridgehead atoms. The second-order valence-corrected chi connectivity index (χ2v) is 6.21. The SMILES string of the molecule is CC(C)(C)OC(=O)NCC#Cc1csc2ccccc12. The van der Waals surface area contributed by atoms with Gasteiger partial charge in [-0.25, -0.2) is 4.79 Å². The molecule has 0 aliphatic rings. The Morgan fingerprint density at radius 1 is 1.35 bits per heavy atom. The summed E-state index contributed by atoms with van der Waals surface area (Å²) in [6.07, 6.45) is -0.443. The van der Waals surface area contributed by atoms with Gasteiger partial charge in [-0.1, -0.05) is 30.0 Å². The molecule has 1 aromatic carbocycles. The van der Waals surface area contributed by atoms with E-state index < -0.39 is 11.7 Å². The highest BCUT2D eigenvalue weighted by atomic mass is 32.1. The normalized spacial score (nSPS) is 10.8. The van der Waals surface area contributed by atoms with Crippen LogP contribution in [0.4, 0.5) is 4.79 Å². The number of carbonyl (C=O) groups is 1. The summed E-state index contributed by atoms with van der Waals surface area (Å²) in [6, 6.07) is 8.14. The van der Waals surface area contributed by atoms with E-state index in [1.807, 2.05) is 38.3 Å². The quantitative estimate of drug-likeness (QED) is 0.811. The number of carbonyl (C=O) groups excluding carboxylic acids is 1. The van der Waals surface area contributed by atoms with Crippen LogP contribution in [0, 0.1) is 11.8 Å². The number of ether oxygens (including phenoxy) is 1. The van der Waals surface area contributed by atoms with E-state index in [1.54, 1.807) is 11.3 Å². The average Bonchev–Trinajstić information content (AvgIpc) is 2.76. The average molecular weight is 287 g/mol. The van der Waals surface area contributed by atoms with Crippen molar-refractivity contribution >= 4 is 27.5 Å². The van der Waals surface area contributed by atoms with Gasteiger partial charge in [-0.2, -0.15) is 0 Å². The predicted octanol–water partition coefficient (Wildman–Crippen LogP) is 3.78. The highest BCUT2D eigenvalue weighted by Gasteiger charge is 2.14. The Morgan fingerprint density at radius 3 is 2.85 bits per heavy atom. The number of nitrogens with one attached hydrogen (secondary N) is 1. The van der Waals surface area contributed by atoms with Crippen LogP contribution in [-0.2, 0) is 4.74 Å². The van der Waals surface area contributed by atoms with Gasteiger partial charge in [0.15, 0.2) is 0 Å². The van der Waals surface area contributed by atoms with Gasteiger partial charge in [0.2, 0.25) is 0 Å². The molecule has 0 aliphatic heterocycles. The lowest BCUT2D eigenvalue weighted by atomic mass is 10.2. The maximum Gasteiger partial charge on any atom is 0.408 e. The molecule has 2 aromatic rings. The van der Waals surface area contributed by atoms with Crippen LogP contribution >= 0.6 is 11.3 Å². The van der Waals surface area contributed by atoms with Crippen LogP contribution in [0.1, 0.15) is 26.3 Å². The zero-order chi connectivity index (χ0) is 14.6. The Balaban J connectivity index is 1.94. The molecule has 0 spiro atoms. The number of thiophene rings is 1. The first-order valence-corrected chi connectivity index (χ1v) is 7.25. The molecular weight excluding hydrogens is 270 g/mol. The Kier molecular flexibility index (Phi) is 4.31. The van der Waals surface area contributed by atoms with Crippen LogP contribution in [0.15, 0.2) is 29.6 Å². The van der Waals surface area contributed by atoms with E-state index >= 15 is 0 Å². The third kappa shape index (κ3) is 4.01. The first-order valence-electron chi connectivity index (χ1n) is 6.38. The lowest BCUT2D eigenvalue weighted by Crippen LogP contribution is -2.32. The van der Waals surface area contributed by atoms with Crippen molar-refractivity contribution in [1.29, 1.82) is 0 Å². The first kappa shape index (κ1) is 14.4. The summed E-state index contributed by atoms with van der Waals surface area (Å²) in [5, 5.41) is 5.81. The Morgan fingerprint density at radius 2 is 2.10 bits per heavy atom. The number of amides is 1. The Hall–Kier alpha value is -1.99. The number of benzene rings is 1. The van der Waals surface area contributed by atoms with Crippen molar-refractivity contribution in [2.24, 2.45) is 0 Å². The maximum absolute atomic E-state index is 11.4. The fourth-order valence-corrected chi connectivity index (χ4v) is 2.54. The summed E-state index contributed by atoms with van der Waals surface area (Å²) in [7, 11) is 0. The Labute approximate surface area is 122 Å². The van der Waals surface area contributed by atoms with E-state index in [9.17, 15) is 4.79 Å². The molecule has 104 valence electrons. The zero-order valence-electron chi connectivity index (χ0n) is 11.8. The van der Waals surface area contributed by atoms with Crippen molar-refractivity contribution in [2.75, 3.05) is 6.54 Å². The molecule has 0 saturated carbocycles. The summed E-state index contributed by atoms with van der Waals surface area (Å²) in [5.41, 5.74) is 0.512. The standard InChI is InChI=1S/C16H17NO2S/c1-16(2,3)19-15(18)17-10-6-7-12-11-20-14-9-5-4-8-13(12)14/h4-5,8-9,11H,10H2,1-3H3,(H,17,18). The second-order valence-electron chi connectivity index (χ2n) is 5.30. The van der Waals surface area contributed by atoms with E-state index in [0.29, 0.717) is 0 Å². The zero-order valence-corrected chi connectivity index (χ0v) is 12.6. The minimum atomic E-state index is -0.485. The summed E-state index contributed by atoms with van der Waals surface area (Å²) in [5.74, 6) is 6.02. The molecule has 0 fully saturated rings. The molecule has 0 aliphatic carbocycles.